The van der Waals surface area contributed by atoms with Gasteiger partial charge in [-0.3, -0.25) is 5.32 Å². The zero-order chi connectivity index (χ0) is 16.8. The van der Waals surface area contributed by atoms with Crippen LogP contribution in [-0.4, -0.2) is 35.9 Å². The number of nitrogens with two attached hydrogens (primary N) is 2. The summed E-state index contributed by atoms with van der Waals surface area (Å²) in [5.41, 5.74) is 13.0. The Hall–Kier alpha value is -3.12. The van der Waals surface area contributed by atoms with Gasteiger partial charge in [-0.25, -0.2) is 9.98 Å². The number of rotatable bonds is 3. The van der Waals surface area contributed by atoms with Crippen LogP contribution in [0.15, 0.2) is 39.6 Å². The largest absolute Gasteiger partial charge is 0.370 e. The van der Waals surface area contributed by atoms with Gasteiger partial charge in [0.2, 0.25) is 11.1 Å². The Balaban J connectivity index is 2.33. The van der Waals surface area contributed by atoms with Crippen LogP contribution < -0.4 is 16.8 Å². The lowest BCUT2D eigenvalue weighted by Crippen LogP contribution is -2.32. The fraction of sp³-hybridized carbons (Fsp3) is 0.143. The van der Waals surface area contributed by atoms with Gasteiger partial charge in [0, 0.05) is 25.0 Å². The first-order valence-electron chi connectivity index (χ1n) is 6.56. The van der Waals surface area contributed by atoms with Crippen molar-refractivity contribution in [3.05, 3.63) is 29.6 Å². The van der Waals surface area contributed by atoms with E-state index in [2.05, 4.69) is 20.3 Å². The van der Waals surface area contributed by atoms with Crippen LogP contribution in [0.5, 0.6) is 0 Å². The third kappa shape index (κ3) is 4.42. The average molecular weight is 328 g/mol. The van der Waals surface area contributed by atoms with E-state index >= 15 is 0 Å². The van der Waals surface area contributed by atoms with Gasteiger partial charge >= 0.3 is 0 Å². The number of hydrogen-bond acceptors (Lipinski definition) is 5. The molecule has 2 rings (SSSR count). The third-order valence-corrected chi connectivity index (χ3v) is 3.42. The maximum Gasteiger partial charge on any atom is 0.212 e. The van der Waals surface area contributed by atoms with Crippen LogP contribution >= 0.6 is 11.3 Å². The molecule has 0 aliphatic carbocycles. The molecule has 0 spiro atoms. The second-order valence-electron chi connectivity index (χ2n) is 4.67. The smallest absolute Gasteiger partial charge is 0.212 e. The molecule has 1 aromatic carbocycles. The lowest BCUT2D eigenvalue weighted by atomic mass is 10.1. The van der Waals surface area contributed by atoms with Crippen molar-refractivity contribution >= 4 is 34.1 Å². The normalized spacial score (nSPS) is 10.7. The molecule has 1 heterocycles. The van der Waals surface area contributed by atoms with Crippen LogP contribution in [0.1, 0.15) is 0 Å². The topological polar surface area (TPSA) is 129 Å². The molecule has 0 atom stereocenters. The lowest BCUT2D eigenvalue weighted by molar-refractivity contribution is 0.603. The Labute approximate surface area is 137 Å². The van der Waals surface area contributed by atoms with Crippen LogP contribution in [0.3, 0.4) is 0 Å². The first-order chi connectivity index (χ1) is 11.0. The van der Waals surface area contributed by atoms with E-state index in [1.54, 1.807) is 19.0 Å². The molecule has 118 valence electrons. The second kappa shape index (κ2) is 7.24. The summed E-state index contributed by atoms with van der Waals surface area (Å²) in [6, 6.07) is 7.50. The van der Waals surface area contributed by atoms with Gasteiger partial charge in [0.25, 0.3) is 0 Å². The summed E-state index contributed by atoms with van der Waals surface area (Å²) in [5.74, 6) is 0.423. The van der Waals surface area contributed by atoms with Crippen molar-refractivity contribution in [1.29, 1.82) is 5.26 Å². The molecule has 9 heteroatoms. The fourth-order valence-electron chi connectivity index (χ4n) is 1.71. The molecule has 0 aliphatic heterocycles. The summed E-state index contributed by atoms with van der Waals surface area (Å²) in [6.45, 7) is 0. The predicted octanol–water partition coefficient (Wildman–Crippen LogP) is 1.33. The fourth-order valence-corrected chi connectivity index (χ4v) is 2.42. The number of nitriles is 1. The molecule has 0 aliphatic rings. The Morgan fingerprint density at radius 3 is 2.78 bits per heavy atom. The van der Waals surface area contributed by atoms with E-state index < -0.39 is 0 Å². The highest BCUT2D eigenvalue weighted by atomic mass is 32.1. The van der Waals surface area contributed by atoms with Gasteiger partial charge in [-0.2, -0.15) is 10.3 Å². The van der Waals surface area contributed by atoms with Gasteiger partial charge < -0.3 is 16.4 Å². The van der Waals surface area contributed by atoms with Gasteiger partial charge in [-0.05, 0) is 12.1 Å². The molecule has 0 radical (unpaired) electrons. The number of aliphatic imine (C=N–C) groups is 2. The number of hydrogen-bond donors (Lipinski definition) is 3. The highest BCUT2D eigenvalue weighted by Gasteiger charge is 2.06. The minimum absolute atomic E-state index is 0.0255. The number of nitrogens with one attached hydrogen (secondary N) is 1. The molecule has 0 saturated heterocycles. The molecular formula is C14H16N8S. The van der Waals surface area contributed by atoms with Crippen molar-refractivity contribution in [2.45, 2.75) is 0 Å². The van der Waals surface area contributed by atoms with E-state index in [1.165, 1.54) is 11.3 Å². The van der Waals surface area contributed by atoms with E-state index in [9.17, 15) is 0 Å². The summed E-state index contributed by atoms with van der Waals surface area (Å²) in [5, 5.41) is 13.7. The second-order valence-corrected chi connectivity index (χ2v) is 5.51. The summed E-state index contributed by atoms with van der Waals surface area (Å²) < 4.78 is 0. The number of thiazole rings is 1. The predicted molar refractivity (Wildman–Crippen MR) is 92.6 cm³/mol. The molecule has 23 heavy (non-hydrogen) atoms. The molecule has 0 fully saturated rings. The van der Waals surface area contributed by atoms with E-state index in [4.69, 9.17) is 16.7 Å². The molecule has 1 aromatic heterocycles. The standard InChI is InChI=1S/C14H16N8S/c1-22(2)13(18-8-15)19-10-5-3-4-9(6-10)11-7-23-14(20-11)21-12(16)17/h3-7H,1-2H3,(H,18,19)(H4,16,17,20,21). The van der Waals surface area contributed by atoms with Crippen LogP contribution in [0.2, 0.25) is 0 Å². The van der Waals surface area contributed by atoms with E-state index in [0.29, 0.717) is 16.8 Å². The van der Waals surface area contributed by atoms with Crippen molar-refractivity contribution in [2.75, 3.05) is 14.1 Å². The van der Waals surface area contributed by atoms with Crippen molar-refractivity contribution < 1.29 is 0 Å². The van der Waals surface area contributed by atoms with Crippen LogP contribution in [0, 0.1) is 11.5 Å². The minimum Gasteiger partial charge on any atom is -0.370 e. The van der Waals surface area contributed by atoms with E-state index in [-0.39, 0.29) is 5.96 Å². The van der Waals surface area contributed by atoms with Gasteiger partial charge in [0.1, 0.15) is 0 Å². The Morgan fingerprint density at radius 2 is 2.13 bits per heavy atom. The maximum absolute atomic E-state index is 8.76. The quantitative estimate of drug-likeness (QED) is 0.337. The van der Waals surface area contributed by atoms with Crippen molar-refractivity contribution in [1.82, 2.24) is 15.2 Å². The summed E-state index contributed by atoms with van der Waals surface area (Å²) in [4.78, 5) is 14.4. The Kier molecular flexibility index (Phi) is 5.11. The average Bonchev–Trinajstić information content (AvgIpc) is 2.94. The van der Waals surface area contributed by atoms with Gasteiger partial charge in [0.05, 0.1) is 11.4 Å². The summed E-state index contributed by atoms with van der Waals surface area (Å²) in [6.07, 6.45) is 1.87. The maximum atomic E-state index is 8.76. The minimum atomic E-state index is -0.0255. The Bertz CT molecular complexity index is 780. The van der Waals surface area contributed by atoms with Crippen LogP contribution in [0.25, 0.3) is 11.3 Å². The number of benzene rings is 1. The molecule has 2 aromatic rings. The Morgan fingerprint density at radius 1 is 1.35 bits per heavy atom. The number of aromatic nitrogens is 1. The SMILES string of the molecule is CN(C)C(=Nc1cccc(-c2csc(N=C(N)N)n2)c1)NC#N. The van der Waals surface area contributed by atoms with Crippen LogP contribution in [-0.2, 0) is 0 Å². The van der Waals surface area contributed by atoms with E-state index in [0.717, 1.165) is 11.3 Å². The highest BCUT2D eigenvalue weighted by molar-refractivity contribution is 7.13. The molecule has 0 amide bonds. The first-order valence-corrected chi connectivity index (χ1v) is 7.44. The van der Waals surface area contributed by atoms with Crippen molar-refractivity contribution in [2.24, 2.45) is 21.5 Å². The third-order valence-electron chi connectivity index (χ3n) is 2.69. The number of nitrogens with zero attached hydrogens (tertiary/aromatic N) is 5. The number of guanidine groups is 2. The summed E-state index contributed by atoms with van der Waals surface area (Å²) in [7, 11) is 3.60. The zero-order valence-corrected chi connectivity index (χ0v) is 13.5. The molecule has 0 saturated carbocycles. The first kappa shape index (κ1) is 16.3. The van der Waals surface area contributed by atoms with Gasteiger partial charge in [-0.15, -0.1) is 11.3 Å². The van der Waals surface area contributed by atoms with Crippen LogP contribution in [0.4, 0.5) is 10.8 Å². The van der Waals surface area contributed by atoms with E-state index in [1.807, 2.05) is 35.8 Å². The monoisotopic (exact) mass is 328 g/mol. The molecule has 0 bridgehead atoms. The lowest BCUT2D eigenvalue weighted by Gasteiger charge is -2.13. The van der Waals surface area contributed by atoms with Crippen molar-refractivity contribution in [3.8, 4) is 17.5 Å². The van der Waals surface area contributed by atoms with Crippen molar-refractivity contribution in [3.63, 3.8) is 0 Å². The highest BCUT2D eigenvalue weighted by Crippen LogP contribution is 2.28. The molecule has 5 N–H and O–H groups in total. The zero-order valence-electron chi connectivity index (χ0n) is 12.7. The van der Waals surface area contributed by atoms with Gasteiger partial charge in [0.15, 0.2) is 12.2 Å². The molecular weight excluding hydrogens is 312 g/mol. The summed E-state index contributed by atoms with van der Waals surface area (Å²) >= 11 is 1.35. The molecule has 0 unspecified atom stereocenters. The van der Waals surface area contributed by atoms with Gasteiger partial charge in [-0.1, -0.05) is 12.1 Å². The molecule has 8 nitrogen and oxygen atoms in total.